The smallest absolute Gasteiger partial charge is 0.216 e. The number of hydrogen-bond acceptors (Lipinski definition) is 9. The van der Waals surface area contributed by atoms with Gasteiger partial charge in [-0.2, -0.15) is 4.31 Å². The highest BCUT2D eigenvalue weighted by Gasteiger charge is 2.31. The second-order valence-electron chi connectivity index (χ2n) is 7.43. The first-order valence-corrected chi connectivity index (χ1v) is 12.0. The fourth-order valence-corrected chi connectivity index (χ4v) is 5.69. The zero-order chi connectivity index (χ0) is 20.9. The fraction of sp³-hybridized carbons (Fsp3) is 0.421. The van der Waals surface area contributed by atoms with Crippen molar-refractivity contribution >= 4 is 42.5 Å². The first-order valence-electron chi connectivity index (χ1n) is 9.71. The van der Waals surface area contributed by atoms with Crippen LogP contribution in [0, 0.1) is 0 Å². The molecule has 0 bridgehead atoms. The highest BCUT2D eigenvalue weighted by atomic mass is 32.2. The van der Waals surface area contributed by atoms with E-state index < -0.39 is 15.3 Å². The van der Waals surface area contributed by atoms with Crippen molar-refractivity contribution in [2.24, 2.45) is 0 Å². The van der Waals surface area contributed by atoms with Gasteiger partial charge in [-0.1, -0.05) is 11.3 Å². The Hall–Kier alpha value is -2.50. The van der Waals surface area contributed by atoms with Gasteiger partial charge in [0.05, 0.1) is 21.2 Å². The predicted molar refractivity (Wildman–Crippen MR) is 114 cm³/mol. The van der Waals surface area contributed by atoms with E-state index in [1.807, 2.05) is 12.1 Å². The van der Waals surface area contributed by atoms with E-state index in [4.69, 9.17) is 9.47 Å². The number of fused-ring (bicyclic) bond motifs is 3. The van der Waals surface area contributed by atoms with Gasteiger partial charge in [-0.3, -0.25) is 0 Å². The number of thiazole rings is 1. The molecule has 0 unspecified atom stereocenters. The van der Waals surface area contributed by atoms with Gasteiger partial charge in [-0.25, -0.2) is 23.4 Å². The third-order valence-corrected chi connectivity index (χ3v) is 8.36. The Balaban J connectivity index is 1.46. The van der Waals surface area contributed by atoms with Crippen LogP contribution < -0.4 is 14.8 Å². The molecule has 0 atom stereocenters. The predicted octanol–water partition coefficient (Wildman–Crippen LogP) is 2.70. The Morgan fingerprint density at radius 3 is 2.70 bits per heavy atom. The normalized spacial score (nSPS) is 16.6. The average Bonchev–Trinajstić information content (AvgIpc) is 3.12. The van der Waals surface area contributed by atoms with Gasteiger partial charge < -0.3 is 14.8 Å². The minimum atomic E-state index is -3.35. The molecular weight excluding hydrogens is 426 g/mol. The molecule has 1 N–H and O–H groups in total. The van der Waals surface area contributed by atoms with Crippen LogP contribution in [-0.2, 0) is 23.0 Å². The van der Waals surface area contributed by atoms with Gasteiger partial charge >= 0.3 is 0 Å². The molecule has 0 radical (unpaired) electrons. The Kier molecular flexibility index (Phi) is 4.75. The number of sulfonamides is 1. The van der Waals surface area contributed by atoms with E-state index in [9.17, 15) is 8.42 Å². The summed E-state index contributed by atoms with van der Waals surface area (Å²) in [4.78, 5) is 13.4. The van der Waals surface area contributed by atoms with Crippen molar-refractivity contribution in [3.05, 3.63) is 29.7 Å². The topological polar surface area (TPSA) is 107 Å². The van der Waals surface area contributed by atoms with Crippen LogP contribution in [0.5, 0.6) is 11.5 Å². The first-order chi connectivity index (χ1) is 14.4. The molecular formula is C19H21N5O4S2. The average molecular weight is 448 g/mol. The van der Waals surface area contributed by atoms with Gasteiger partial charge in [0.2, 0.25) is 10.0 Å². The quantitative estimate of drug-likeness (QED) is 0.651. The van der Waals surface area contributed by atoms with Crippen molar-refractivity contribution < 1.29 is 17.9 Å². The molecule has 1 aromatic carbocycles. The number of aromatic nitrogens is 3. The van der Waals surface area contributed by atoms with Gasteiger partial charge in [-0.15, -0.1) is 0 Å². The summed E-state index contributed by atoms with van der Waals surface area (Å²) in [5.41, 5.74) is 2.46. The molecule has 0 saturated carbocycles. The van der Waals surface area contributed by atoms with Crippen LogP contribution in [0.2, 0.25) is 0 Å². The number of anilines is 2. The summed E-state index contributed by atoms with van der Waals surface area (Å²) in [6.07, 6.45) is 2.06. The zero-order valence-electron chi connectivity index (χ0n) is 16.6. The second-order valence-corrected chi connectivity index (χ2v) is 11.0. The van der Waals surface area contributed by atoms with Crippen LogP contribution in [0.3, 0.4) is 0 Å². The summed E-state index contributed by atoms with van der Waals surface area (Å²) in [6.45, 7) is 5.12. The van der Waals surface area contributed by atoms with E-state index in [1.165, 1.54) is 22.0 Å². The van der Waals surface area contributed by atoms with E-state index in [1.54, 1.807) is 13.8 Å². The lowest BCUT2D eigenvalue weighted by Crippen LogP contribution is -2.40. The molecule has 2 aromatic heterocycles. The maximum absolute atomic E-state index is 12.6. The Morgan fingerprint density at radius 1 is 1.17 bits per heavy atom. The number of nitrogens with zero attached hydrogens (tertiary/aromatic N) is 4. The number of nitrogens with one attached hydrogen (secondary N) is 1. The van der Waals surface area contributed by atoms with E-state index in [0.717, 1.165) is 27.2 Å². The highest BCUT2D eigenvalue weighted by molar-refractivity contribution is 7.89. The van der Waals surface area contributed by atoms with Gasteiger partial charge in [0.25, 0.3) is 0 Å². The molecule has 11 heteroatoms. The van der Waals surface area contributed by atoms with Crippen LogP contribution in [0.1, 0.15) is 25.1 Å². The highest BCUT2D eigenvalue weighted by Crippen LogP contribution is 2.39. The van der Waals surface area contributed by atoms with Gasteiger partial charge in [-0.05, 0) is 13.8 Å². The summed E-state index contributed by atoms with van der Waals surface area (Å²) in [5.74, 6) is 2.00. The van der Waals surface area contributed by atoms with Crippen molar-refractivity contribution in [1.82, 2.24) is 19.3 Å². The lowest BCUT2D eigenvalue weighted by Gasteiger charge is -2.29. The molecule has 4 heterocycles. The maximum atomic E-state index is 12.6. The Bertz CT molecular complexity index is 1180. The van der Waals surface area contributed by atoms with Gasteiger partial charge in [0.15, 0.2) is 16.6 Å². The van der Waals surface area contributed by atoms with Gasteiger partial charge in [0, 0.05) is 37.2 Å². The SMILES string of the molecule is CC(C)S(=O)(=O)N1CCc2ncnc(Nc3nc4cc5c(cc4s3)OCCO5)c2C1. The van der Waals surface area contributed by atoms with Gasteiger partial charge in [0.1, 0.15) is 25.4 Å². The maximum Gasteiger partial charge on any atom is 0.216 e. The van der Waals surface area contributed by atoms with Crippen LogP contribution in [-0.4, -0.2) is 52.7 Å². The molecule has 3 aromatic rings. The van der Waals surface area contributed by atoms with Crippen LogP contribution in [0.4, 0.5) is 10.9 Å². The third kappa shape index (κ3) is 3.36. The lowest BCUT2D eigenvalue weighted by molar-refractivity contribution is 0.172. The summed E-state index contributed by atoms with van der Waals surface area (Å²) in [6, 6.07) is 3.80. The van der Waals surface area contributed by atoms with E-state index >= 15 is 0 Å². The standard InChI is InChI=1S/C19H21N5O4S2/c1-11(2)30(25,26)24-4-3-13-12(9-24)18(21-10-20-13)23-19-22-14-7-15-16(8-17(14)29-19)28-6-5-27-15/h7-8,10-11H,3-6,9H2,1-2H3,(H,20,21,22,23). The van der Waals surface area contributed by atoms with E-state index in [2.05, 4.69) is 20.3 Å². The number of ether oxygens (including phenoxy) is 2. The zero-order valence-corrected chi connectivity index (χ0v) is 18.2. The summed E-state index contributed by atoms with van der Waals surface area (Å²) >= 11 is 1.48. The van der Waals surface area contributed by atoms with Crippen molar-refractivity contribution in [2.75, 3.05) is 25.1 Å². The molecule has 9 nitrogen and oxygen atoms in total. The molecule has 158 valence electrons. The second kappa shape index (κ2) is 7.33. The monoisotopic (exact) mass is 447 g/mol. The number of rotatable bonds is 4. The first kappa shape index (κ1) is 19.5. The Morgan fingerprint density at radius 2 is 1.93 bits per heavy atom. The Labute approximate surface area is 178 Å². The molecule has 2 aliphatic heterocycles. The molecule has 0 aliphatic carbocycles. The number of hydrogen-bond donors (Lipinski definition) is 1. The molecule has 0 fully saturated rings. The molecule has 5 rings (SSSR count). The molecule has 30 heavy (non-hydrogen) atoms. The number of benzene rings is 1. The fourth-order valence-electron chi connectivity index (χ4n) is 3.56. The molecule has 2 aliphatic rings. The van der Waals surface area contributed by atoms with Crippen molar-refractivity contribution in [3.63, 3.8) is 0 Å². The largest absolute Gasteiger partial charge is 0.486 e. The summed E-state index contributed by atoms with van der Waals surface area (Å²) in [7, 11) is -3.35. The lowest BCUT2D eigenvalue weighted by atomic mass is 10.1. The summed E-state index contributed by atoms with van der Waals surface area (Å²) < 4.78 is 39.0. The van der Waals surface area contributed by atoms with Crippen LogP contribution in [0.25, 0.3) is 10.2 Å². The van der Waals surface area contributed by atoms with Crippen LogP contribution >= 0.6 is 11.3 Å². The summed E-state index contributed by atoms with van der Waals surface area (Å²) in [5, 5.41) is 3.46. The minimum Gasteiger partial charge on any atom is -0.486 e. The third-order valence-electron chi connectivity index (χ3n) is 5.20. The van der Waals surface area contributed by atoms with Crippen molar-refractivity contribution in [3.8, 4) is 11.5 Å². The molecule has 0 amide bonds. The molecule has 0 saturated heterocycles. The van der Waals surface area contributed by atoms with Crippen LogP contribution in [0.15, 0.2) is 18.5 Å². The van der Waals surface area contributed by atoms with E-state index in [-0.39, 0.29) is 6.54 Å². The molecule has 0 spiro atoms. The van der Waals surface area contributed by atoms with Crippen molar-refractivity contribution in [2.45, 2.75) is 32.1 Å². The minimum absolute atomic E-state index is 0.250. The van der Waals surface area contributed by atoms with E-state index in [0.29, 0.717) is 42.9 Å². The van der Waals surface area contributed by atoms with Crippen molar-refractivity contribution in [1.29, 1.82) is 0 Å².